The van der Waals surface area contributed by atoms with Crippen molar-refractivity contribution in [2.75, 3.05) is 13.1 Å². The van der Waals surface area contributed by atoms with E-state index in [0.29, 0.717) is 25.8 Å². The highest BCUT2D eigenvalue weighted by molar-refractivity contribution is 5.87. The average molecular weight is 349 g/mol. The van der Waals surface area contributed by atoms with Crippen molar-refractivity contribution in [1.82, 2.24) is 10.2 Å². The Labute approximate surface area is 147 Å². The number of nitrogens with one attached hydrogen (secondary N) is 1. The van der Waals surface area contributed by atoms with Gasteiger partial charge in [0.1, 0.15) is 6.04 Å². The molecule has 25 heavy (non-hydrogen) atoms. The van der Waals surface area contributed by atoms with E-state index in [9.17, 15) is 19.8 Å². The summed E-state index contributed by atoms with van der Waals surface area (Å²) >= 11 is 0. The van der Waals surface area contributed by atoms with Crippen LogP contribution in [0.25, 0.3) is 0 Å². The maximum absolute atomic E-state index is 12.4. The van der Waals surface area contributed by atoms with Gasteiger partial charge in [0.25, 0.3) is 0 Å². The van der Waals surface area contributed by atoms with Gasteiger partial charge in [-0.2, -0.15) is 0 Å². The largest absolute Gasteiger partial charge is 0.480 e. The Hall–Kier alpha value is -1.96. The summed E-state index contributed by atoms with van der Waals surface area (Å²) in [5.41, 5.74) is 7.07. The molecular weight excluding hydrogens is 322 g/mol. The first-order valence-corrected chi connectivity index (χ1v) is 8.64. The minimum absolute atomic E-state index is 0.173. The van der Waals surface area contributed by atoms with Gasteiger partial charge in [-0.25, -0.2) is 4.79 Å². The lowest BCUT2D eigenvalue weighted by molar-refractivity contribution is -0.148. The van der Waals surface area contributed by atoms with E-state index < -0.39 is 30.2 Å². The number of amides is 1. The van der Waals surface area contributed by atoms with Crippen LogP contribution in [0, 0.1) is 0 Å². The van der Waals surface area contributed by atoms with Crippen LogP contribution < -0.4 is 11.1 Å². The molecule has 0 saturated carbocycles. The first-order valence-electron chi connectivity index (χ1n) is 8.64. The molecule has 1 heterocycles. The Morgan fingerprint density at radius 1 is 1.36 bits per heavy atom. The number of carboxylic acids is 1. The number of carboxylic acid groups (broad SMARTS) is 1. The highest BCUT2D eigenvalue weighted by atomic mass is 16.4. The van der Waals surface area contributed by atoms with Crippen LogP contribution in [0.4, 0.5) is 0 Å². The van der Waals surface area contributed by atoms with Crippen molar-refractivity contribution >= 4 is 11.9 Å². The van der Waals surface area contributed by atoms with Gasteiger partial charge in [-0.3, -0.25) is 4.79 Å². The zero-order chi connectivity index (χ0) is 18.4. The molecule has 0 aromatic heterocycles. The molecule has 4 atom stereocenters. The molecule has 5 N–H and O–H groups in total. The maximum Gasteiger partial charge on any atom is 0.326 e. The van der Waals surface area contributed by atoms with Crippen molar-refractivity contribution in [3.8, 4) is 0 Å². The summed E-state index contributed by atoms with van der Waals surface area (Å²) in [5.74, 6) is -1.23. The number of carbonyl (C=O) groups excluding carboxylic acids is 1. The number of rotatable bonds is 8. The summed E-state index contributed by atoms with van der Waals surface area (Å²) in [5, 5.41) is 22.4. The fraction of sp³-hybridized carbons (Fsp3) is 0.556. The second kappa shape index (κ2) is 8.94. The van der Waals surface area contributed by atoms with Crippen molar-refractivity contribution in [2.24, 2.45) is 5.73 Å². The number of nitrogens with two attached hydrogens (primary N) is 1. The van der Waals surface area contributed by atoms with E-state index in [0.717, 1.165) is 5.56 Å². The van der Waals surface area contributed by atoms with E-state index >= 15 is 0 Å². The normalized spacial score (nSPS) is 20.9. The zero-order valence-corrected chi connectivity index (χ0v) is 14.5. The van der Waals surface area contributed by atoms with Crippen molar-refractivity contribution in [3.63, 3.8) is 0 Å². The minimum Gasteiger partial charge on any atom is -0.480 e. The standard InChI is InChI=1S/C18H27N3O4/c1-12(17(23)21-9-5-8-15(21)18(24)25)20-11-16(22)14(19)10-13-6-3-2-4-7-13/h2-4,6-7,12,14-16,20,22H,5,8-11,19H2,1H3,(H,24,25)/t12-,14?,15-,16?/m0/s1. The third-order valence-electron chi connectivity index (χ3n) is 4.63. The molecule has 1 aliphatic heterocycles. The molecule has 1 fully saturated rings. The molecule has 0 spiro atoms. The number of aliphatic hydroxyl groups excluding tert-OH is 1. The molecule has 0 aliphatic carbocycles. The molecule has 7 nitrogen and oxygen atoms in total. The summed E-state index contributed by atoms with van der Waals surface area (Å²) < 4.78 is 0. The highest BCUT2D eigenvalue weighted by Crippen LogP contribution is 2.18. The van der Waals surface area contributed by atoms with Crippen LogP contribution in [0.3, 0.4) is 0 Å². The number of aliphatic carboxylic acids is 1. The van der Waals surface area contributed by atoms with E-state index in [1.807, 2.05) is 30.3 Å². The number of carbonyl (C=O) groups is 2. The van der Waals surface area contributed by atoms with E-state index in [2.05, 4.69) is 5.32 Å². The lowest BCUT2D eigenvalue weighted by Crippen LogP contribution is -2.52. The highest BCUT2D eigenvalue weighted by Gasteiger charge is 2.35. The van der Waals surface area contributed by atoms with Crippen LogP contribution in [0.1, 0.15) is 25.3 Å². The summed E-state index contributed by atoms with van der Waals surface area (Å²) in [6.45, 7) is 2.30. The maximum atomic E-state index is 12.4. The van der Waals surface area contributed by atoms with Gasteiger partial charge >= 0.3 is 5.97 Å². The number of aliphatic hydroxyl groups is 1. The van der Waals surface area contributed by atoms with Crippen molar-refractivity contribution < 1.29 is 19.8 Å². The molecule has 2 unspecified atom stereocenters. The van der Waals surface area contributed by atoms with Crippen LogP contribution in [0.5, 0.6) is 0 Å². The molecule has 1 aromatic carbocycles. The van der Waals surface area contributed by atoms with Gasteiger partial charge in [-0.05, 0) is 31.7 Å². The fourth-order valence-corrected chi connectivity index (χ4v) is 3.09. The number of likely N-dealkylation sites (tertiary alicyclic amines) is 1. The lowest BCUT2D eigenvalue weighted by Gasteiger charge is -2.27. The average Bonchev–Trinajstić information content (AvgIpc) is 3.09. The third-order valence-corrected chi connectivity index (χ3v) is 4.63. The Kier molecular flexibility index (Phi) is 6.92. The first-order chi connectivity index (χ1) is 11.9. The van der Waals surface area contributed by atoms with Gasteiger partial charge in [0.05, 0.1) is 12.1 Å². The fourth-order valence-electron chi connectivity index (χ4n) is 3.09. The number of hydrogen-bond acceptors (Lipinski definition) is 5. The molecule has 1 saturated heterocycles. The van der Waals surface area contributed by atoms with Gasteiger partial charge in [0, 0.05) is 19.1 Å². The first kappa shape index (κ1) is 19.4. The monoisotopic (exact) mass is 349 g/mol. The van der Waals surface area contributed by atoms with Crippen molar-refractivity contribution in [2.45, 2.75) is 50.4 Å². The zero-order valence-electron chi connectivity index (χ0n) is 14.5. The second-order valence-electron chi connectivity index (χ2n) is 6.58. The minimum atomic E-state index is -0.969. The van der Waals surface area contributed by atoms with E-state index in [1.165, 1.54) is 4.90 Å². The van der Waals surface area contributed by atoms with E-state index in [-0.39, 0.29) is 12.5 Å². The van der Waals surface area contributed by atoms with Crippen LogP contribution >= 0.6 is 0 Å². The van der Waals surface area contributed by atoms with E-state index in [4.69, 9.17) is 5.73 Å². The molecular formula is C18H27N3O4. The quantitative estimate of drug-likeness (QED) is 0.524. The summed E-state index contributed by atoms with van der Waals surface area (Å²) in [7, 11) is 0. The van der Waals surface area contributed by atoms with Crippen molar-refractivity contribution in [1.29, 1.82) is 0 Å². The molecule has 1 aromatic rings. The Balaban J connectivity index is 1.81. The molecule has 0 radical (unpaired) electrons. The van der Waals surface area contributed by atoms with Crippen LogP contribution in [-0.2, 0) is 16.0 Å². The van der Waals surface area contributed by atoms with Crippen LogP contribution in [0.15, 0.2) is 30.3 Å². The van der Waals surface area contributed by atoms with Gasteiger partial charge in [0.15, 0.2) is 0 Å². The van der Waals surface area contributed by atoms with Gasteiger partial charge in [-0.1, -0.05) is 30.3 Å². The summed E-state index contributed by atoms with van der Waals surface area (Å²) in [6, 6.07) is 7.89. The lowest BCUT2D eigenvalue weighted by atomic mass is 10.0. The molecule has 0 bridgehead atoms. The van der Waals surface area contributed by atoms with Gasteiger partial charge < -0.3 is 26.2 Å². The smallest absolute Gasteiger partial charge is 0.326 e. The van der Waals surface area contributed by atoms with Crippen LogP contribution in [-0.4, -0.2) is 64.3 Å². The summed E-state index contributed by atoms with van der Waals surface area (Å²) in [6.07, 6.45) is 0.918. The predicted molar refractivity (Wildman–Crippen MR) is 94.0 cm³/mol. The Morgan fingerprint density at radius 3 is 2.68 bits per heavy atom. The van der Waals surface area contributed by atoms with Crippen LogP contribution in [0.2, 0.25) is 0 Å². The summed E-state index contributed by atoms with van der Waals surface area (Å²) in [4.78, 5) is 25.0. The van der Waals surface area contributed by atoms with Gasteiger partial charge in [0.2, 0.25) is 5.91 Å². The predicted octanol–water partition coefficient (Wildman–Crippen LogP) is -0.0290. The SMILES string of the molecule is C[C@H](NCC(O)C(N)Cc1ccccc1)C(=O)N1CCC[C@H]1C(=O)O. The third kappa shape index (κ3) is 5.26. The Bertz CT molecular complexity index is 581. The number of benzene rings is 1. The topological polar surface area (TPSA) is 116 Å². The molecule has 138 valence electrons. The van der Waals surface area contributed by atoms with Gasteiger partial charge in [-0.15, -0.1) is 0 Å². The van der Waals surface area contributed by atoms with E-state index in [1.54, 1.807) is 6.92 Å². The second-order valence-corrected chi connectivity index (χ2v) is 6.58. The number of hydrogen-bond donors (Lipinski definition) is 4. The molecule has 1 amide bonds. The number of nitrogens with zero attached hydrogens (tertiary/aromatic N) is 1. The molecule has 2 rings (SSSR count). The molecule has 7 heteroatoms. The Morgan fingerprint density at radius 2 is 2.04 bits per heavy atom. The molecule has 1 aliphatic rings. The van der Waals surface area contributed by atoms with Crippen molar-refractivity contribution in [3.05, 3.63) is 35.9 Å².